The van der Waals surface area contributed by atoms with Crippen LogP contribution in [0, 0.1) is 0 Å². The van der Waals surface area contributed by atoms with Crippen molar-refractivity contribution in [3.8, 4) is 11.3 Å². The Morgan fingerprint density at radius 1 is 1.12 bits per heavy atom. The third-order valence-electron chi connectivity index (χ3n) is 4.84. The summed E-state index contributed by atoms with van der Waals surface area (Å²) in [5.74, 6) is 1.62. The first-order valence-corrected chi connectivity index (χ1v) is 8.45. The highest BCUT2D eigenvalue weighted by molar-refractivity contribution is 5.89. The Kier molecular flexibility index (Phi) is 6.69. The average molecular weight is 399 g/mol. The van der Waals surface area contributed by atoms with Gasteiger partial charge in [-0.15, -0.1) is 24.8 Å². The molecule has 6 nitrogen and oxygen atoms in total. The zero-order valence-corrected chi connectivity index (χ0v) is 16.1. The van der Waals surface area contributed by atoms with E-state index in [-0.39, 0.29) is 30.7 Å². The van der Waals surface area contributed by atoms with E-state index in [1.165, 1.54) is 0 Å². The fourth-order valence-electron chi connectivity index (χ4n) is 3.08. The second-order valence-corrected chi connectivity index (χ2v) is 6.71. The third-order valence-corrected chi connectivity index (χ3v) is 4.84. The van der Waals surface area contributed by atoms with Crippen molar-refractivity contribution in [1.82, 2.24) is 14.8 Å². The molecule has 1 saturated carbocycles. The molecular weight excluding hydrogens is 375 g/mol. The molecule has 2 aromatic rings. The van der Waals surface area contributed by atoms with Crippen LogP contribution in [0.3, 0.4) is 0 Å². The summed E-state index contributed by atoms with van der Waals surface area (Å²) in [5.41, 5.74) is 6.48. The van der Waals surface area contributed by atoms with Gasteiger partial charge in [0.1, 0.15) is 0 Å². The Morgan fingerprint density at radius 2 is 1.77 bits per heavy atom. The summed E-state index contributed by atoms with van der Waals surface area (Å²) in [7, 11) is 0. The van der Waals surface area contributed by atoms with Crippen molar-refractivity contribution in [3.05, 3.63) is 42.4 Å². The minimum Gasteiger partial charge on any atom is -0.439 e. The van der Waals surface area contributed by atoms with Gasteiger partial charge in [-0.3, -0.25) is 9.69 Å². The van der Waals surface area contributed by atoms with Gasteiger partial charge < -0.3 is 15.1 Å². The Morgan fingerprint density at radius 3 is 2.38 bits per heavy atom. The first kappa shape index (κ1) is 20.7. The van der Waals surface area contributed by atoms with Gasteiger partial charge in [-0.2, -0.15) is 0 Å². The molecular formula is C18H24Cl2N4O2. The summed E-state index contributed by atoms with van der Waals surface area (Å²) in [5, 5.41) is 0. The standard InChI is InChI=1S/C18H22N4O2.2ClH/c19-18(6-7-18)17(23)22-10-8-21(9-11-22)13-16-20-12-15(24-16)14-4-2-1-3-5-14;;/h1-5,12H,6-11,13,19H2;2*1H. The molecule has 2 heterocycles. The molecule has 2 N–H and O–H groups in total. The van der Waals surface area contributed by atoms with Crippen LogP contribution in [-0.2, 0) is 11.3 Å². The number of hydrogen-bond acceptors (Lipinski definition) is 5. The maximum Gasteiger partial charge on any atom is 0.242 e. The van der Waals surface area contributed by atoms with Gasteiger partial charge in [0.25, 0.3) is 0 Å². The van der Waals surface area contributed by atoms with E-state index in [9.17, 15) is 4.79 Å². The lowest BCUT2D eigenvalue weighted by molar-refractivity contribution is -0.135. The van der Waals surface area contributed by atoms with E-state index < -0.39 is 5.54 Å². The molecule has 26 heavy (non-hydrogen) atoms. The number of aromatic nitrogens is 1. The van der Waals surface area contributed by atoms with E-state index in [0.29, 0.717) is 12.4 Å². The SMILES string of the molecule is Cl.Cl.NC1(C(=O)N2CCN(Cc3ncc(-c4ccccc4)o3)CC2)CC1. The van der Waals surface area contributed by atoms with Crippen molar-refractivity contribution < 1.29 is 9.21 Å². The summed E-state index contributed by atoms with van der Waals surface area (Å²) in [6.45, 7) is 3.77. The molecule has 0 spiro atoms. The van der Waals surface area contributed by atoms with Crippen molar-refractivity contribution in [2.75, 3.05) is 26.2 Å². The number of carbonyl (C=O) groups is 1. The molecule has 2 fully saturated rings. The Balaban J connectivity index is 0.00000121. The molecule has 142 valence electrons. The second-order valence-electron chi connectivity index (χ2n) is 6.71. The number of nitrogens with zero attached hydrogens (tertiary/aromatic N) is 3. The molecule has 1 aromatic carbocycles. The highest BCUT2D eigenvalue weighted by Crippen LogP contribution is 2.34. The van der Waals surface area contributed by atoms with Crippen LogP contribution in [0.15, 0.2) is 40.9 Å². The Hall–Kier alpha value is -1.60. The van der Waals surface area contributed by atoms with Gasteiger partial charge in [-0.1, -0.05) is 30.3 Å². The molecule has 0 radical (unpaired) electrons. The minimum absolute atomic E-state index is 0. The number of oxazole rings is 1. The lowest BCUT2D eigenvalue weighted by Gasteiger charge is -2.35. The fraction of sp³-hybridized carbons (Fsp3) is 0.444. The summed E-state index contributed by atoms with van der Waals surface area (Å²) in [4.78, 5) is 20.8. The van der Waals surface area contributed by atoms with Crippen LogP contribution in [0.1, 0.15) is 18.7 Å². The number of nitrogens with two attached hydrogens (primary N) is 1. The molecule has 0 unspecified atom stereocenters. The molecule has 1 saturated heterocycles. The smallest absolute Gasteiger partial charge is 0.242 e. The monoisotopic (exact) mass is 398 g/mol. The maximum absolute atomic E-state index is 12.3. The topological polar surface area (TPSA) is 75.6 Å². The van der Waals surface area contributed by atoms with Crippen molar-refractivity contribution in [2.45, 2.75) is 24.9 Å². The quantitative estimate of drug-likeness (QED) is 0.854. The van der Waals surface area contributed by atoms with E-state index in [2.05, 4.69) is 9.88 Å². The number of carbonyl (C=O) groups excluding carboxylic acids is 1. The van der Waals surface area contributed by atoms with Gasteiger partial charge in [0, 0.05) is 31.7 Å². The number of piperazine rings is 1. The summed E-state index contributed by atoms with van der Waals surface area (Å²) in [6.07, 6.45) is 3.42. The van der Waals surface area contributed by atoms with Gasteiger partial charge in [-0.05, 0) is 12.8 Å². The molecule has 1 amide bonds. The predicted molar refractivity (Wildman–Crippen MR) is 104 cm³/mol. The maximum atomic E-state index is 12.3. The highest BCUT2D eigenvalue weighted by atomic mass is 35.5. The number of halogens is 2. The number of hydrogen-bond donors (Lipinski definition) is 1. The van der Waals surface area contributed by atoms with Gasteiger partial charge in [-0.25, -0.2) is 4.98 Å². The van der Waals surface area contributed by atoms with Crippen LogP contribution in [0.2, 0.25) is 0 Å². The molecule has 1 aromatic heterocycles. The Bertz CT molecular complexity index is 726. The first-order chi connectivity index (χ1) is 11.6. The van der Waals surface area contributed by atoms with Crippen molar-refractivity contribution >= 4 is 30.7 Å². The van der Waals surface area contributed by atoms with Crippen molar-refractivity contribution in [1.29, 1.82) is 0 Å². The van der Waals surface area contributed by atoms with E-state index >= 15 is 0 Å². The van der Waals surface area contributed by atoms with Gasteiger partial charge in [0.2, 0.25) is 11.8 Å². The lowest BCUT2D eigenvalue weighted by atomic mass is 10.2. The van der Waals surface area contributed by atoms with Crippen LogP contribution in [0.5, 0.6) is 0 Å². The van der Waals surface area contributed by atoms with Gasteiger partial charge >= 0.3 is 0 Å². The molecule has 0 atom stereocenters. The normalized spacial score (nSPS) is 18.6. The Labute approximate surface area is 165 Å². The van der Waals surface area contributed by atoms with E-state index in [0.717, 1.165) is 50.3 Å². The van der Waals surface area contributed by atoms with Crippen molar-refractivity contribution in [2.24, 2.45) is 5.73 Å². The van der Waals surface area contributed by atoms with Crippen LogP contribution in [-0.4, -0.2) is 52.4 Å². The van der Waals surface area contributed by atoms with Crippen LogP contribution in [0.25, 0.3) is 11.3 Å². The first-order valence-electron chi connectivity index (χ1n) is 8.45. The second kappa shape index (κ2) is 8.39. The van der Waals surface area contributed by atoms with Crippen molar-refractivity contribution in [3.63, 3.8) is 0 Å². The van der Waals surface area contributed by atoms with E-state index in [1.54, 1.807) is 6.20 Å². The van der Waals surface area contributed by atoms with E-state index in [4.69, 9.17) is 10.2 Å². The summed E-state index contributed by atoms with van der Waals surface area (Å²) >= 11 is 0. The number of amides is 1. The molecule has 1 aliphatic heterocycles. The highest BCUT2D eigenvalue weighted by Gasteiger charge is 2.48. The van der Waals surface area contributed by atoms with Crippen LogP contribution >= 0.6 is 24.8 Å². The predicted octanol–water partition coefficient (Wildman–Crippen LogP) is 2.32. The van der Waals surface area contributed by atoms with Crippen LogP contribution < -0.4 is 5.73 Å². The molecule has 4 rings (SSSR count). The number of benzene rings is 1. The fourth-order valence-corrected chi connectivity index (χ4v) is 3.08. The molecule has 0 bridgehead atoms. The molecule has 8 heteroatoms. The van der Waals surface area contributed by atoms with Gasteiger partial charge in [0.15, 0.2) is 5.76 Å². The number of rotatable bonds is 4. The zero-order chi connectivity index (χ0) is 16.6. The zero-order valence-electron chi connectivity index (χ0n) is 14.5. The van der Waals surface area contributed by atoms with E-state index in [1.807, 2.05) is 35.2 Å². The summed E-state index contributed by atoms with van der Waals surface area (Å²) in [6, 6.07) is 9.97. The largest absolute Gasteiger partial charge is 0.439 e. The third kappa shape index (κ3) is 4.38. The lowest BCUT2D eigenvalue weighted by Crippen LogP contribution is -2.53. The summed E-state index contributed by atoms with van der Waals surface area (Å²) < 4.78 is 5.86. The molecule has 1 aliphatic carbocycles. The average Bonchev–Trinajstić information content (AvgIpc) is 3.20. The van der Waals surface area contributed by atoms with Gasteiger partial charge in [0.05, 0.1) is 18.3 Å². The van der Waals surface area contributed by atoms with Crippen LogP contribution in [0.4, 0.5) is 0 Å². The minimum atomic E-state index is -0.560. The molecule has 2 aliphatic rings.